The number of aryl methyl sites for hydroxylation is 1. The van der Waals surface area contributed by atoms with Crippen LogP contribution in [-0.4, -0.2) is 10.5 Å². The lowest BCUT2D eigenvalue weighted by molar-refractivity contribution is 0.0472. The van der Waals surface area contributed by atoms with Crippen LogP contribution in [0.5, 0.6) is 5.75 Å². The molecule has 0 radical (unpaired) electrons. The van der Waals surface area contributed by atoms with E-state index in [4.69, 9.17) is 44.3 Å². The Morgan fingerprint density at radius 1 is 0.903 bits per heavy atom. The number of esters is 1. The van der Waals surface area contributed by atoms with Crippen molar-refractivity contribution in [3.8, 4) is 5.75 Å². The molecular weight excluding hydrogens is 457 g/mol. The van der Waals surface area contributed by atoms with Crippen molar-refractivity contribution in [1.29, 1.82) is 0 Å². The first-order chi connectivity index (χ1) is 14.9. The van der Waals surface area contributed by atoms with E-state index in [0.717, 1.165) is 22.2 Å². The largest absolute Gasteiger partial charge is 0.486 e. The fraction of sp³-hybridized carbons (Fsp3) is 0.125. The standard InChI is InChI=1S/C24H18Cl3NO3/c1-28-21-8-3-2-7-18(21)19(13-31-24(29)15-5-4-6-16(25)11-15)22(28)14-30-23-10-9-17(26)12-20(23)27/h2-12H,13-14H2,1H3. The molecule has 0 amide bonds. The highest BCUT2D eigenvalue weighted by Gasteiger charge is 2.18. The van der Waals surface area contributed by atoms with Crippen molar-refractivity contribution in [2.24, 2.45) is 7.05 Å². The average Bonchev–Trinajstić information content (AvgIpc) is 3.03. The molecule has 0 spiro atoms. The van der Waals surface area contributed by atoms with Crippen molar-refractivity contribution in [2.45, 2.75) is 13.2 Å². The molecule has 0 N–H and O–H groups in total. The maximum Gasteiger partial charge on any atom is 0.338 e. The molecule has 0 aliphatic rings. The van der Waals surface area contributed by atoms with Crippen LogP contribution in [-0.2, 0) is 25.0 Å². The number of aromatic nitrogens is 1. The van der Waals surface area contributed by atoms with Crippen LogP contribution in [0.4, 0.5) is 0 Å². The van der Waals surface area contributed by atoms with Gasteiger partial charge >= 0.3 is 5.97 Å². The van der Waals surface area contributed by atoms with Crippen LogP contribution >= 0.6 is 34.8 Å². The predicted molar refractivity (Wildman–Crippen MR) is 124 cm³/mol. The predicted octanol–water partition coefficient (Wildman–Crippen LogP) is 7.07. The average molecular weight is 475 g/mol. The minimum Gasteiger partial charge on any atom is -0.486 e. The van der Waals surface area contributed by atoms with E-state index in [2.05, 4.69) is 0 Å². The topological polar surface area (TPSA) is 40.5 Å². The number of hydrogen-bond acceptors (Lipinski definition) is 3. The maximum absolute atomic E-state index is 12.5. The number of rotatable bonds is 6. The zero-order valence-electron chi connectivity index (χ0n) is 16.6. The van der Waals surface area contributed by atoms with Gasteiger partial charge < -0.3 is 14.0 Å². The van der Waals surface area contributed by atoms with Crippen LogP contribution in [0.3, 0.4) is 0 Å². The lowest BCUT2D eigenvalue weighted by Gasteiger charge is -2.12. The van der Waals surface area contributed by atoms with Gasteiger partial charge in [0.15, 0.2) is 0 Å². The number of para-hydroxylation sites is 1. The van der Waals surface area contributed by atoms with Crippen molar-refractivity contribution in [3.63, 3.8) is 0 Å². The number of ether oxygens (including phenoxy) is 2. The smallest absolute Gasteiger partial charge is 0.338 e. The quantitative estimate of drug-likeness (QED) is 0.280. The first-order valence-corrected chi connectivity index (χ1v) is 10.6. The molecule has 158 valence electrons. The molecule has 0 saturated carbocycles. The zero-order chi connectivity index (χ0) is 22.0. The van der Waals surface area contributed by atoms with E-state index in [1.54, 1.807) is 42.5 Å². The van der Waals surface area contributed by atoms with Crippen LogP contribution in [0.1, 0.15) is 21.6 Å². The van der Waals surface area contributed by atoms with Gasteiger partial charge in [0.05, 0.1) is 16.3 Å². The minimum absolute atomic E-state index is 0.0970. The van der Waals surface area contributed by atoms with E-state index in [1.807, 2.05) is 35.9 Å². The number of benzene rings is 3. The molecule has 0 fully saturated rings. The summed E-state index contributed by atoms with van der Waals surface area (Å²) in [6.45, 7) is 0.344. The summed E-state index contributed by atoms with van der Waals surface area (Å²) in [5, 5.41) is 2.44. The lowest BCUT2D eigenvalue weighted by Crippen LogP contribution is -2.09. The molecule has 1 heterocycles. The van der Waals surface area contributed by atoms with Crippen LogP contribution in [0.15, 0.2) is 66.7 Å². The summed E-state index contributed by atoms with van der Waals surface area (Å²) >= 11 is 18.2. The number of nitrogens with zero attached hydrogens (tertiary/aromatic N) is 1. The Bertz CT molecular complexity index is 1270. The Hall–Kier alpha value is -2.66. The molecule has 0 unspecified atom stereocenters. The number of carbonyl (C=O) groups is 1. The third kappa shape index (κ3) is 4.67. The molecule has 0 aliphatic heterocycles. The van der Waals surface area contributed by atoms with Crippen LogP contribution < -0.4 is 4.74 Å². The fourth-order valence-electron chi connectivity index (χ4n) is 3.44. The summed E-state index contributed by atoms with van der Waals surface area (Å²) in [4.78, 5) is 12.5. The van der Waals surface area contributed by atoms with E-state index in [9.17, 15) is 4.79 Å². The Labute approximate surface area is 194 Å². The molecule has 1 aromatic heterocycles. The molecule has 4 nitrogen and oxygen atoms in total. The molecule has 0 bridgehead atoms. The fourth-order valence-corrected chi connectivity index (χ4v) is 4.10. The van der Waals surface area contributed by atoms with Crippen LogP contribution in [0.2, 0.25) is 15.1 Å². The third-order valence-electron chi connectivity index (χ3n) is 5.01. The molecule has 7 heteroatoms. The van der Waals surface area contributed by atoms with E-state index in [-0.39, 0.29) is 13.2 Å². The second kappa shape index (κ2) is 9.23. The van der Waals surface area contributed by atoms with E-state index in [1.165, 1.54) is 0 Å². The van der Waals surface area contributed by atoms with Gasteiger partial charge in [-0.15, -0.1) is 0 Å². The highest BCUT2D eigenvalue weighted by Crippen LogP contribution is 2.31. The number of carbonyl (C=O) groups excluding carboxylic acids is 1. The molecule has 4 rings (SSSR count). The summed E-state index contributed by atoms with van der Waals surface area (Å²) in [7, 11) is 1.95. The van der Waals surface area contributed by atoms with Crippen LogP contribution in [0, 0.1) is 0 Å². The molecule has 3 aromatic carbocycles. The van der Waals surface area contributed by atoms with Gasteiger partial charge in [-0.05, 0) is 42.5 Å². The molecule has 0 atom stereocenters. The van der Waals surface area contributed by atoms with Gasteiger partial charge in [-0.1, -0.05) is 59.1 Å². The summed E-state index contributed by atoms with van der Waals surface area (Å²) in [6.07, 6.45) is 0. The molecule has 0 aliphatic carbocycles. The Morgan fingerprint density at radius 2 is 1.68 bits per heavy atom. The minimum atomic E-state index is -0.442. The molecular formula is C24H18Cl3NO3. The second-order valence-electron chi connectivity index (χ2n) is 6.95. The highest BCUT2D eigenvalue weighted by atomic mass is 35.5. The Morgan fingerprint density at radius 3 is 2.45 bits per heavy atom. The van der Waals surface area contributed by atoms with Crippen molar-refractivity contribution >= 4 is 51.7 Å². The maximum atomic E-state index is 12.5. The van der Waals surface area contributed by atoms with Gasteiger partial charge in [-0.2, -0.15) is 0 Å². The molecule has 31 heavy (non-hydrogen) atoms. The van der Waals surface area contributed by atoms with Crippen molar-refractivity contribution in [3.05, 3.63) is 98.6 Å². The van der Waals surface area contributed by atoms with E-state index in [0.29, 0.717) is 26.4 Å². The van der Waals surface area contributed by atoms with Gasteiger partial charge in [0, 0.05) is 33.6 Å². The van der Waals surface area contributed by atoms with Gasteiger partial charge in [0.25, 0.3) is 0 Å². The van der Waals surface area contributed by atoms with Crippen LogP contribution in [0.25, 0.3) is 10.9 Å². The third-order valence-corrected chi connectivity index (χ3v) is 5.78. The summed E-state index contributed by atoms with van der Waals surface area (Å²) < 4.78 is 13.6. The monoisotopic (exact) mass is 473 g/mol. The highest BCUT2D eigenvalue weighted by molar-refractivity contribution is 6.35. The number of hydrogen-bond donors (Lipinski definition) is 0. The van der Waals surface area contributed by atoms with E-state index >= 15 is 0 Å². The summed E-state index contributed by atoms with van der Waals surface area (Å²) in [5.41, 5.74) is 3.17. The van der Waals surface area contributed by atoms with Gasteiger partial charge in [-0.3, -0.25) is 0 Å². The van der Waals surface area contributed by atoms with Crippen molar-refractivity contribution < 1.29 is 14.3 Å². The number of halogens is 3. The first kappa shape index (κ1) is 21.6. The summed E-state index contributed by atoms with van der Waals surface area (Å²) in [6, 6.07) is 19.7. The van der Waals surface area contributed by atoms with Crippen molar-refractivity contribution in [1.82, 2.24) is 4.57 Å². The van der Waals surface area contributed by atoms with Gasteiger partial charge in [-0.25, -0.2) is 4.79 Å². The lowest BCUT2D eigenvalue weighted by atomic mass is 10.1. The van der Waals surface area contributed by atoms with Gasteiger partial charge in [0.2, 0.25) is 0 Å². The SMILES string of the molecule is Cn1c(COc2ccc(Cl)cc2Cl)c(COC(=O)c2cccc(Cl)c2)c2ccccc21. The summed E-state index contributed by atoms with van der Waals surface area (Å²) in [5.74, 6) is 0.0845. The Balaban J connectivity index is 1.61. The first-order valence-electron chi connectivity index (χ1n) is 9.49. The molecule has 0 saturated heterocycles. The van der Waals surface area contributed by atoms with Crippen molar-refractivity contribution in [2.75, 3.05) is 0 Å². The van der Waals surface area contributed by atoms with Gasteiger partial charge in [0.1, 0.15) is 19.0 Å². The zero-order valence-corrected chi connectivity index (χ0v) is 18.8. The Kier molecular flexibility index (Phi) is 6.42. The van der Waals surface area contributed by atoms with E-state index < -0.39 is 5.97 Å². The molecule has 4 aromatic rings. The normalized spacial score (nSPS) is 11.0. The number of fused-ring (bicyclic) bond motifs is 1. The second-order valence-corrected chi connectivity index (χ2v) is 8.23.